The Balaban J connectivity index is 2.72. The first-order valence-electron chi connectivity index (χ1n) is 5.61. The molecular weight excluding hydrogens is 305 g/mol. The summed E-state index contributed by atoms with van der Waals surface area (Å²) in [6.07, 6.45) is 2.64. The number of benzene rings is 1. The third-order valence-electron chi connectivity index (χ3n) is 2.38. The number of esters is 1. The predicted molar refractivity (Wildman–Crippen MR) is 76.5 cm³/mol. The molecule has 1 amide bonds. The van der Waals surface area contributed by atoms with Crippen LogP contribution in [0.25, 0.3) is 6.08 Å². The summed E-state index contributed by atoms with van der Waals surface area (Å²) < 4.78 is 4.43. The van der Waals surface area contributed by atoms with Crippen LogP contribution in [0.4, 0.5) is 0 Å². The number of rotatable bonds is 5. The molecule has 0 saturated carbocycles. The van der Waals surface area contributed by atoms with E-state index < -0.39 is 24.5 Å². The number of carbonyl (C=O) groups is 2. The Labute approximate surface area is 126 Å². The molecule has 0 spiro atoms. The van der Waals surface area contributed by atoms with Crippen molar-refractivity contribution in [1.82, 2.24) is 5.32 Å². The molecule has 1 aromatic rings. The second-order valence-corrected chi connectivity index (χ2v) is 4.53. The van der Waals surface area contributed by atoms with Crippen LogP contribution in [0.15, 0.2) is 24.3 Å². The summed E-state index contributed by atoms with van der Waals surface area (Å²) in [5.74, 6) is -1.29. The molecule has 0 heterocycles. The van der Waals surface area contributed by atoms with Crippen LogP contribution in [0.2, 0.25) is 10.0 Å². The van der Waals surface area contributed by atoms with Gasteiger partial charge < -0.3 is 15.2 Å². The van der Waals surface area contributed by atoms with Gasteiger partial charge in [-0.05, 0) is 17.7 Å². The van der Waals surface area contributed by atoms with Crippen molar-refractivity contribution in [2.75, 3.05) is 13.7 Å². The van der Waals surface area contributed by atoms with Gasteiger partial charge in [-0.1, -0.05) is 35.3 Å². The molecule has 0 aromatic heterocycles. The van der Waals surface area contributed by atoms with Gasteiger partial charge in [0.2, 0.25) is 5.91 Å². The maximum Gasteiger partial charge on any atom is 0.330 e. The number of ether oxygens (including phenoxy) is 1. The molecule has 0 bridgehead atoms. The lowest BCUT2D eigenvalue weighted by Gasteiger charge is -2.12. The molecule has 2 N–H and O–H groups in total. The Kier molecular flexibility index (Phi) is 6.51. The second-order valence-electron chi connectivity index (χ2n) is 3.74. The van der Waals surface area contributed by atoms with E-state index in [-0.39, 0.29) is 0 Å². The largest absolute Gasteiger partial charge is 0.467 e. The number of hydrogen-bond donors (Lipinski definition) is 2. The van der Waals surface area contributed by atoms with Crippen molar-refractivity contribution in [3.63, 3.8) is 0 Å². The number of aliphatic hydroxyl groups excluding tert-OH is 1. The minimum atomic E-state index is -1.10. The SMILES string of the molecule is COC(=O)[C@@H](CO)NC(=O)/C=C/c1cccc(Cl)c1Cl. The zero-order valence-corrected chi connectivity index (χ0v) is 12.1. The number of carbonyl (C=O) groups excluding carboxylic acids is 2. The molecule has 0 radical (unpaired) electrons. The van der Waals surface area contributed by atoms with Crippen LogP contribution in [-0.2, 0) is 14.3 Å². The fourth-order valence-corrected chi connectivity index (χ4v) is 1.73. The van der Waals surface area contributed by atoms with Gasteiger partial charge in [0.25, 0.3) is 0 Å². The van der Waals surface area contributed by atoms with Crippen molar-refractivity contribution in [2.45, 2.75) is 6.04 Å². The monoisotopic (exact) mass is 317 g/mol. The van der Waals surface area contributed by atoms with Gasteiger partial charge >= 0.3 is 5.97 Å². The van der Waals surface area contributed by atoms with Crippen LogP contribution in [0.5, 0.6) is 0 Å². The molecule has 0 aliphatic heterocycles. The summed E-state index contributed by atoms with van der Waals surface area (Å²) in [6.45, 7) is -0.551. The van der Waals surface area contributed by atoms with Gasteiger partial charge in [0.05, 0.1) is 23.8 Å². The van der Waals surface area contributed by atoms with Crippen molar-refractivity contribution in [3.05, 3.63) is 39.9 Å². The first-order chi connectivity index (χ1) is 9.49. The highest BCUT2D eigenvalue weighted by atomic mass is 35.5. The fourth-order valence-electron chi connectivity index (χ4n) is 1.36. The number of amides is 1. The Hall–Kier alpha value is -1.56. The van der Waals surface area contributed by atoms with Gasteiger partial charge in [0.15, 0.2) is 6.04 Å². The highest BCUT2D eigenvalue weighted by Crippen LogP contribution is 2.26. The molecule has 0 aliphatic rings. The lowest BCUT2D eigenvalue weighted by Crippen LogP contribution is -2.43. The van der Waals surface area contributed by atoms with Gasteiger partial charge in [-0.15, -0.1) is 0 Å². The van der Waals surface area contributed by atoms with E-state index in [0.717, 1.165) is 0 Å². The molecule has 0 unspecified atom stereocenters. The maximum atomic E-state index is 11.6. The van der Waals surface area contributed by atoms with E-state index >= 15 is 0 Å². The van der Waals surface area contributed by atoms with E-state index in [2.05, 4.69) is 10.1 Å². The standard InChI is InChI=1S/C13H13Cl2NO4/c1-20-13(19)10(7-17)16-11(18)6-5-8-3-2-4-9(14)12(8)15/h2-6,10,17H,7H2,1H3,(H,16,18)/b6-5+/t10-/m1/s1. The summed E-state index contributed by atoms with van der Waals surface area (Å²) in [7, 11) is 1.17. The normalized spacial score (nSPS) is 12.2. The number of aliphatic hydroxyl groups is 1. The number of halogens is 2. The molecule has 1 aromatic carbocycles. The molecule has 20 heavy (non-hydrogen) atoms. The van der Waals surface area contributed by atoms with E-state index in [0.29, 0.717) is 15.6 Å². The average molecular weight is 318 g/mol. The summed E-state index contributed by atoms with van der Waals surface area (Å²) in [5.41, 5.74) is 0.563. The lowest BCUT2D eigenvalue weighted by molar-refractivity contribution is -0.145. The van der Waals surface area contributed by atoms with Gasteiger partial charge in [0, 0.05) is 6.08 Å². The number of hydrogen-bond acceptors (Lipinski definition) is 4. The highest BCUT2D eigenvalue weighted by molar-refractivity contribution is 6.42. The van der Waals surface area contributed by atoms with Crippen LogP contribution in [-0.4, -0.2) is 36.7 Å². The third kappa shape index (κ3) is 4.52. The van der Waals surface area contributed by atoms with Gasteiger partial charge in [-0.3, -0.25) is 4.79 Å². The number of methoxy groups -OCH3 is 1. The fraction of sp³-hybridized carbons (Fsp3) is 0.231. The van der Waals surface area contributed by atoms with E-state index in [1.54, 1.807) is 18.2 Å². The average Bonchev–Trinajstić information content (AvgIpc) is 2.45. The minimum Gasteiger partial charge on any atom is -0.467 e. The third-order valence-corrected chi connectivity index (χ3v) is 3.21. The van der Waals surface area contributed by atoms with Gasteiger partial charge in [-0.25, -0.2) is 4.79 Å². The van der Waals surface area contributed by atoms with E-state index in [1.165, 1.54) is 19.3 Å². The molecule has 0 saturated heterocycles. The highest BCUT2D eigenvalue weighted by Gasteiger charge is 2.19. The maximum absolute atomic E-state index is 11.6. The quantitative estimate of drug-likeness (QED) is 0.639. The van der Waals surface area contributed by atoms with E-state index in [9.17, 15) is 9.59 Å². The molecule has 0 aliphatic carbocycles. The molecule has 5 nitrogen and oxygen atoms in total. The van der Waals surface area contributed by atoms with Crippen molar-refractivity contribution in [3.8, 4) is 0 Å². The van der Waals surface area contributed by atoms with Gasteiger partial charge in [0.1, 0.15) is 0 Å². The molecule has 1 atom stereocenters. The van der Waals surface area contributed by atoms with Gasteiger partial charge in [-0.2, -0.15) is 0 Å². The zero-order chi connectivity index (χ0) is 15.1. The van der Waals surface area contributed by atoms with Crippen molar-refractivity contribution < 1.29 is 19.4 Å². The Morgan fingerprint density at radius 2 is 2.15 bits per heavy atom. The topological polar surface area (TPSA) is 75.6 Å². The summed E-state index contributed by atoms with van der Waals surface area (Å²) in [5, 5.41) is 12.0. The molecule has 1 rings (SSSR count). The Morgan fingerprint density at radius 1 is 1.45 bits per heavy atom. The molecular formula is C13H13Cl2NO4. The summed E-state index contributed by atoms with van der Waals surface area (Å²) in [6, 6.07) is 3.89. The molecule has 7 heteroatoms. The van der Waals surface area contributed by atoms with Crippen LogP contribution in [0, 0.1) is 0 Å². The Morgan fingerprint density at radius 3 is 2.75 bits per heavy atom. The first-order valence-corrected chi connectivity index (χ1v) is 6.36. The number of nitrogens with one attached hydrogen (secondary N) is 1. The summed E-state index contributed by atoms with van der Waals surface area (Å²) >= 11 is 11.8. The van der Waals surface area contributed by atoms with Crippen molar-refractivity contribution in [1.29, 1.82) is 0 Å². The van der Waals surface area contributed by atoms with E-state index in [4.69, 9.17) is 28.3 Å². The van der Waals surface area contributed by atoms with Crippen LogP contribution in [0.1, 0.15) is 5.56 Å². The predicted octanol–water partition coefficient (Wildman–Crippen LogP) is 1.66. The van der Waals surface area contributed by atoms with Crippen molar-refractivity contribution >= 4 is 41.2 Å². The molecule has 0 fully saturated rings. The van der Waals surface area contributed by atoms with Crippen LogP contribution >= 0.6 is 23.2 Å². The van der Waals surface area contributed by atoms with E-state index in [1.807, 2.05) is 0 Å². The Bertz CT molecular complexity index is 531. The minimum absolute atomic E-state index is 0.324. The molecule has 108 valence electrons. The second kappa shape index (κ2) is 7.89. The zero-order valence-electron chi connectivity index (χ0n) is 10.6. The smallest absolute Gasteiger partial charge is 0.330 e. The van der Waals surface area contributed by atoms with Crippen LogP contribution < -0.4 is 5.32 Å². The van der Waals surface area contributed by atoms with Crippen LogP contribution in [0.3, 0.4) is 0 Å². The lowest BCUT2D eigenvalue weighted by atomic mass is 10.2. The summed E-state index contributed by atoms with van der Waals surface area (Å²) in [4.78, 5) is 22.8. The first kappa shape index (κ1) is 16.5. The van der Waals surface area contributed by atoms with Crippen molar-refractivity contribution in [2.24, 2.45) is 0 Å².